The number of halogens is 1. The van der Waals surface area contributed by atoms with E-state index in [1.165, 1.54) is 23.2 Å². The van der Waals surface area contributed by atoms with Gasteiger partial charge in [-0.05, 0) is 44.9 Å². The molecule has 1 aromatic heterocycles. The van der Waals surface area contributed by atoms with E-state index in [1.807, 2.05) is 6.07 Å². The molecule has 148 valence electrons. The molecule has 1 aliphatic carbocycles. The number of carbonyl (C=O) groups excluding carboxylic acids is 2. The molecule has 2 heterocycles. The number of fused-ring (bicyclic) bond motifs is 2. The van der Waals surface area contributed by atoms with Crippen LogP contribution in [-0.4, -0.2) is 33.4 Å². The van der Waals surface area contributed by atoms with Crippen molar-refractivity contribution in [1.29, 1.82) is 5.26 Å². The molecule has 2 aliphatic rings. The smallest absolute Gasteiger partial charge is 0.323 e. The van der Waals surface area contributed by atoms with Crippen LogP contribution in [0.3, 0.4) is 0 Å². The Labute approximate surface area is 166 Å². The first-order valence-electron chi connectivity index (χ1n) is 9.26. The third-order valence-electron chi connectivity index (χ3n) is 5.47. The summed E-state index contributed by atoms with van der Waals surface area (Å²) in [6.07, 6.45) is 2.88. The Bertz CT molecular complexity index is 1060. The Balaban J connectivity index is 1.50. The van der Waals surface area contributed by atoms with E-state index < -0.39 is 11.6 Å². The number of urea groups is 1. The molecule has 29 heavy (non-hydrogen) atoms. The molecule has 2 aromatic rings. The van der Waals surface area contributed by atoms with E-state index in [0.29, 0.717) is 35.3 Å². The second kappa shape index (κ2) is 6.81. The molecule has 3 amide bonds. The van der Waals surface area contributed by atoms with Gasteiger partial charge < -0.3 is 15.5 Å². The maximum atomic E-state index is 13.8. The molecule has 9 heteroatoms. The summed E-state index contributed by atoms with van der Waals surface area (Å²) in [6, 6.07) is 5.38. The van der Waals surface area contributed by atoms with Crippen molar-refractivity contribution < 1.29 is 14.0 Å². The predicted octanol–water partition coefficient (Wildman–Crippen LogP) is 2.51. The maximum Gasteiger partial charge on any atom is 0.323 e. The number of amides is 3. The first-order valence-corrected chi connectivity index (χ1v) is 9.26. The molecule has 4 rings (SSSR count). The third-order valence-corrected chi connectivity index (χ3v) is 5.47. The SMILES string of the molecule is Cc1nc(C#N)ncc1[C@H](C)NC(=O)CN1C(=O)Nc2ccc(F)cc2C12CC2. The Morgan fingerprint density at radius 2 is 2.24 bits per heavy atom. The number of hydrogen-bond donors (Lipinski definition) is 2. The van der Waals surface area contributed by atoms with Gasteiger partial charge in [0.15, 0.2) is 0 Å². The lowest BCUT2D eigenvalue weighted by Gasteiger charge is -2.37. The van der Waals surface area contributed by atoms with Gasteiger partial charge in [0.2, 0.25) is 11.7 Å². The standard InChI is InChI=1S/C20H19FN6O2/c1-11-14(9-23-17(8-22)24-11)12(2)25-18(28)10-27-19(29)26-16-4-3-13(21)7-15(16)20(27)5-6-20/h3-4,7,9,12H,5-6,10H2,1-2H3,(H,25,28)(H,26,29)/t12-/m0/s1. The number of nitriles is 1. The van der Waals surface area contributed by atoms with Gasteiger partial charge in [-0.2, -0.15) is 5.26 Å². The van der Waals surface area contributed by atoms with E-state index in [1.54, 1.807) is 19.9 Å². The maximum absolute atomic E-state index is 13.8. The number of benzene rings is 1. The van der Waals surface area contributed by atoms with Crippen LogP contribution in [0.2, 0.25) is 0 Å². The van der Waals surface area contributed by atoms with Gasteiger partial charge in [0.1, 0.15) is 18.4 Å². The van der Waals surface area contributed by atoms with Crippen LogP contribution in [0.4, 0.5) is 14.9 Å². The van der Waals surface area contributed by atoms with Gasteiger partial charge in [-0.1, -0.05) is 0 Å². The number of aromatic nitrogens is 2. The van der Waals surface area contributed by atoms with Crippen LogP contribution < -0.4 is 10.6 Å². The lowest BCUT2D eigenvalue weighted by molar-refractivity contribution is -0.122. The second-order valence-corrected chi connectivity index (χ2v) is 7.37. The van der Waals surface area contributed by atoms with Crippen molar-refractivity contribution in [2.75, 3.05) is 11.9 Å². The summed E-state index contributed by atoms with van der Waals surface area (Å²) in [5.74, 6) is -0.653. The summed E-state index contributed by atoms with van der Waals surface area (Å²) in [5.41, 5.74) is 1.95. The van der Waals surface area contributed by atoms with Crippen LogP contribution in [0.25, 0.3) is 0 Å². The number of carbonyl (C=O) groups is 2. The van der Waals surface area contributed by atoms with Gasteiger partial charge in [0.25, 0.3) is 0 Å². The highest BCUT2D eigenvalue weighted by molar-refractivity contribution is 5.97. The average molecular weight is 394 g/mol. The monoisotopic (exact) mass is 394 g/mol. The van der Waals surface area contributed by atoms with E-state index in [0.717, 1.165) is 0 Å². The van der Waals surface area contributed by atoms with Crippen molar-refractivity contribution >= 4 is 17.6 Å². The Morgan fingerprint density at radius 1 is 1.48 bits per heavy atom. The van der Waals surface area contributed by atoms with Crippen molar-refractivity contribution in [2.45, 2.75) is 38.3 Å². The molecule has 1 spiro atoms. The van der Waals surface area contributed by atoms with Gasteiger partial charge in [-0.25, -0.2) is 19.2 Å². The number of nitrogens with one attached hydrogen (secondary N) is 2. The number of aryl methyl sites for hydroxylation is 1. The molecule has 1 aromatic carbocycles. The van der Waals surface area contributed by atoms with Gasteiger partial charge >= 0.3 is 6.03 Å². The topological polar surface area (TPSA) is 111 Å². The minimum Gasteiger partial charge on any atom is -0.348 e. The molecule has 1 fully saturated rings. The van der Waals surface area contributed by atoms with Crippen LogP contribution in [0.1, 0.15) is 48.5 Å². The molecule has 0 saturated heterocycles. The van der Waals surface area contributed by atoms with Gasteiger partial charge in [-0.15, -0.1) is 0 Å². The lowest BCUT2D eigenvalue weighted by atomic mass is 9.98. The quantitative estimate of drug-likeness (QED) is 0.828. The number of rotatable bonds is 4. The molecule has 0 unspecified atom stereocenters. The van der Waals surface area contributed by atoms with Crippen LogP contribution in [0.5, 0.6) is 0 Å². The summed E-state index contributed by atoms with van der Waals surface area (Å²) in [7, 11) is 0. The van der Waals surface area contributed by atoms with Crippen LogP contribution >= 0.6 is 0 Å². The molecular formula is C20H19FN6O2. The molecule has 1 atom stereocenters. The third kappa shape index (κ3) is 3.27. The minimum atomic E-state index is -0.631. The average Bonchev–Trinajstić information content (AvgIpc) is 3.47. The number of nitrogens with zero attached hydrogens (tertiary/aromatic N) is 4. The highest BCUT2D eigenvalue weighted by atomic mass is 19.1. The van der Waals surface area contributed by atoms with Gasteiger partial charge in [0, 0.05) is 28.7 Å². The normalized spacial score (nSPS) is 17.2. The van der Waals surface area contributed by atoms with Gasteiger partial charge in [0.05, 0.1) is 11.6 Å². The van der Waals surface area contributed by atoms with Crippen molar-refractivity contribution in [3.05, 3.63) is 52.9 Å². The summed E-state index contributed by atoms with van der Waals surface area (Å²) < 4.78 is 13.8. The number of anilines is 1. The van der Waals surface area contributed by atoms with Crippen LogP contribution in [0.15, 0.2) is 24.4 Å². The second-order valence-electron chi connectivity index (χ2n) is 7.37. The van der Waals surface area contributed by atoms with Crippen molar-refractivity contribution in [1.82, 2.24) is 20.2 Å². The molecule has 1 aliphatic heterocycles. The van der Waals surface area contributed by atoms with Crippen LogP contribution in [-0.2, 0) is 10.3 Å². The van der Waals surface area contributed by atoms with E-state index in [4.69, 9.17) is 5.26 Å². The zero-order valence-corrected chi connectivity index (χ0v) is 16.0. The summed E-state index contributed by atoms with van der Waals surface area (Å²) >= 11 is 0. The van der Waals surface area contributed by atoms with Gasteiger partial charge in [-0.3, -0.25) is 4.79 Å². The molecule has 2 N–H and O–H groups in total. The van der Waals surface area contributed by atoms with Crippen LogP contribution in [0, 0.1) is 24.1 Å². The predicted molar refractivity (Wildman–Crippen MR) is 101 cm³/mol. The summed E-state index contributed by atoms with van der Waals surface area (Å²) in [4.78, 5) is 34.8. The fourth-order valence-electron chi connectivity index (χ4n) is 3.88. The first-order chi connectivity index (χ1) is 13.8. The van der Waals surface area contributed by atoms with E-state index >= 15 is 0 Å². The molecule has 0 bridgehead atoms. The van der Waals surface area contributed by atoms with E-state index in [-0.39, 0.29) is 30.1 Å². The minimum absolute atomic E-state index is 0.0661. The van der Waals surface area contributed by atoms with Crippen molar-refractivity contribution in [3.63, 3.8) is 0 Å². The molecular weight excluding hydrogens is 375 g/mol. The van der Waals surface area contributed by atoms with Crippen molar-refractivity contribution in [3.8, 4) is 6.07 Å². The summed E-state index contributed by atoms with van der Waals surface area (Å²) in [6.45, 7) is 3.37. The largest absolute Gasteiger partial charge is 0.348 e. The van der Waals surface area contributed by atoms with Crippen molar-refractivity contribution in [2.24, 2.45) is 0 Å². The number of hydrogen-bond acceptors (Lipinski definition) is 5. The van der Waals surface area contributed by atoms with E-state index in [2.05, 4.69) is 20.6 Å². The summed E-state index contributed by atoms with van der Waals surface area (Å²) in [5, 5.41) is 14.5. The zero-order chi connectivity index (χ0) is 20.8. The van der Waals surface area contributed by atoms with E-state index in [9.17, 15) is 14.0 Å². The molecule has 0 radical (unpaired) electrons. The Hall–Kier alpha value is -3.54. The Morgan fingerprint density at radius 3 is 2.90 bits per heavy atom. The highest BCUT2D eigenvalue weighted by Gasteiger charge is 2.55. The molecule has 1 saturated carbocycles. The highest BCUT2D eigenvalue weighted by Crippen LogP contribution is 2.55. The zero-order valence-electron chi connectivity index (χ0n) is 16.0. The molecule has 8 nitrogen and oxygen atoms in total. The Kier molecular flexibility index (Phi) is 4.42. The lowest BCUT2D eigenvalue weighted by Crippen LogP contribution is -2.51. The fraction of sp³-hybridized carbons (Fsp3) is 0.350. The fourth-order valence-corrected chi connectivity index (χ4v) is 3.88. The first kappa shape index (κ1) is 18.8.